The maximum Gasteiger partial charge on any atom is 0.161 e. The number of aliphatic hydroxyl groups excluding tert-OH is 1. The number of aliphatic hydroxyl groups is 1. The Morgan fingerprint density at radius 3 is 2.27 bits per heavy atom. The average Bonchev–Trinajstić information content (AvgIpc) is 3.53. The van der Waals surface area contributed by atoms with Gasteiger partial charge in [-0.3, -0.25) is 0 Å². The van der Waals surface area contributed by atoms with E-state index in [9.17, 15) is 5.11 Å². The number of nitrogens with zero attached hydrogens (tertiary/aromatic N) is 2. The van der Waals surface area contributed by atoms with Crippen molar-refractivity contribution in [2.45, 2.75) is 33.6 Å². The van der Waals surface area contributed by atoms with E-state index in [1.165, 1.54) is 5.56 Å². The van der Waals surface area contributed by atoms with Gasteiger partial charge in [0, 0.05) is 29.9 Å². The number of aromatic nitrogens is 1. The molecule has 0 saturated heterocycles. The van der Waals surface area contributed by atoms with Crippen LogP contribution in [0.25, 0.3) is 33.0 Å². The highest BCUT2D eigenvalue weighted by Crippen LogP contribution is 2.39. The summed E-state index contributed by atoms with van der Waals surface area (Å²) in [7, 11) is 0. The average molecular weight is 549 g/mol. The number of hydrogen-bond acceptors (Lipinski definition) is 5. The minimum atomic E-state index is -0.0178. The first kappa shape index (κ1) is 26.9. The van der Waals surface area contributed by atoms with E-state index >= 15 is 0 Å². The SMILES string of the molecule is CCN(CC)CCOc1ccc(Cn2c3ccc(CO)cc3c3oc4cc(OCc5ccccc5)ccc4c32)cc1. The maximum atomic E-state index is 9.82. The summed E-state index contributed by atoms with van der Waals surface area (Å²) in [6, 6.07) is 30.6. The highest BCUT2D eigenvalue weighted by Gasteiger charge is 2.19. The molecule has 0 spiro atoms. The van der Waals surface area contributed by atoms with E-state index in [1.54, 1.807) is 0 Å². The monoisotopic (exact) mass is 548 g/mol. The highest BCUT2D eigenvalue weighted by atomic mass is 16.5. The van der Waals surface area contributed by atoms with Gasteiger partial charge < -0.3 is 28.5 Å². The Labute approximate surface area is 240 Å². The van der Waals surface area contributed by atoms with Gasteiger partial charge in [0.1, 0.15) is 30.3 Å². The molecule has 6 rings (SSSR count). The third kappa shape index (κ3) is 5.67. The van der Waals surface area contributed by atoms with Crippen molar-refractivity contribution in [3.8, 4) is 11.5 Å². The molecule has 6 aromatic rings. The number of ether oxygens (including phenoxy) is 2. The summed E-state index contributed by atoms with van der Waals surface area (Å²) in [6.45, 7) is 9.16. The van der Waals surface area contributed by atoms with Gasteiger partial charge >= 0.3 is 0 Å². The smallest absolute Gasteiger partial charge is 0.161 e. The molecule has 0 aliphatic heterocycles. The Morgan fingerprint density at radius 2 is 1.51 bits per heavy atom. The van der Waals surface area contributed by atoms with Crippen LogP contribution in [0.1, 0.15) is 30.5 Å². The predicted octanol–water partition coefficient (Wildman–Crippen LogP) is 7.38. The lowest BCUT2D eigenvalue weighted by atomic mass is 10.1. The fraction of sp³-hybridized carbons (Fsp3) is 0.257. The van der Waals surface area contributed by atoms with E-state index in [-0.39, 0.29) is 6.61 Å². The van der Waals surface area contributed by atoms with Crippen LogP contribution >= 0.6 is 0 Å². The molecule has 0 fully saturated rings. The summed E-state index contributed by atoms with van der Waals surface area (Å²) < 4.78 is 20.8. The lowest BCUT2D eigenvalue weighted by Gasteiger charge is -2.18. The van der Waals surface area contributed by atoms with Gasteiger partial charge in [0.05, 0.1) is 17.6 Å². The van der Waals surface area contributed by atoms with Gasteiger partial charge in [-0.25, -0.2) is 0 Å². The predicted molar refractivity (Wildman–Crippen MR) is 165 cm³/mol. The molecule has 210 valence electrons. The highest BCUT2D eigenvalue weighted by molar-refractivity contribution is 6.15. The minimum Gasteiger partial charge on any atom is -0.492 e. The van der Waals surface area contributed by atoms with Crippen molar-refractivity contribution in [1.82, 2.24) is 9.47 Å². The lowest BCUT2D eigenvalue weighted by Crippen LogP contribution is -2.27. The molecule has 0 bridgehead atoms. The molecule has 6 heteroatoms. The second-order valence-corrected chi connectivity index (χ2v) is 10.3. The Hall–Kier alpha value is -4.26. The molecule has 0 saturated carbocycles. The molecule has 4 aromatic carbocycles. The van der Waals surface area contributed by atoms with Gasteiger partial charge in [-0.05, 0) is 66.2 Å². The first-order valence-corrected chi connectivity index (χ1v) is 14.4. The molecular formula is C35H36N2O4. The van der Waals surface area contributed by atoms with E-state index in [4.69, 9.17) is 13.9 Å². The lowest BCUT2D eigenvalue weighted by molar-refractivity contribution is 0.223. The zero-order chi connectivity index (χ0) is 28.2. The number of rotatable bonds is 12. The summed E-state index contributed by atoms with van der Waals surface area (Å²) in [5, 5.41) is 11.8. The summed E-state index contributed by atoms with van der Waals surface area (Å²) in [5.74, 6) is 1.65. The van der Waals surface area contributed by atoms with Crippen molar-refractivity contribution in [3.05, 3.63) is 108 Å². The molecule has 0 aliphatic rings. The second kappa shape index (κ2) is 12.1. The van der Waals surface area contributed by atoms with E-state index in [1.807, 2.05) is 54.6 Å². The zero-order valence-corrected chi connectivity index (χ0v) is 23.7. The van der Waals surface area contributed by atoms with Crippen molar-refractivity contribution in [2.75, 3.05) is 26.2 Å². The second-order valence-electron chi connectivity index (χ2n) is 10.3. The fourth-order valence-electron chi connectivity index (χ4n) is 5.43. The van der Waals surface area contributed by atoms with Gasteiger partial charge in [-0.2, -0.15) is 0 Å². The van der Waals surface area contributed by atoms with E-state index < -0.39 is 0 Å². The topological polar surface area (TPSA) is 60.0 Å². The number of hydrogen-bond donors (Lipinski definition) is 1. The summed E-state index contributed by atoms with van der Waals surface area (Å²) in [5.41, 5.74) is 6.86. The molecule has 2 aromatic heterocycles. The summed E-state index contributed by atoms with van der Waals surface area (Å²) in [4.78, 5) is 2.35. The van der Waals surface area contributed by atoms with Crippen LogP contribution in [0, 0.1) is 0 Å². The molecule has 2 heterocycles. The molecule has 0 amide bonds. The van der Waals surface area contributed by atoms with Gasteiger partial charge in [-0.15, -0.1) is 0 Å². The third-order valence-electron chi connectivity index (χ3n) is 7.77. The Morgan fingerprint density at radius 1 is 0.756 bits per heavy atom. The number of benzene rings is 4. The Kier molecular flexibility index (Phi) is 7.94. The van der Waals surface area contributed by atoms with Crippen LogP contribution in [0.15, 0.2) is 95.4 Å². The maximum absolute atomic E-state index is 9.82. The van der Waals surface area contributed by atoms with Crippen LogP contribution in [-0.2, 0) is 19.8 Å². The summed E-state index contributed by atoms with van der Waals surface area (Å²) >= 11 is 0. The standard InChI is InChI=1S/C35H36N2O4/c1-3-36(4-2)18-19-39-28-13-10-25(11-14-28)22-37-32-17-12-27(23-38)20-31(32)35-34(37)30-16-15-29(21-33(30)41-35)40-24-26-8-6-5-7-9-26/h5-17,20-21,38H,3-4,18-19,22-24H2,1-2H3. The van der Waals surface area contributed by atoms with E-state index in [0.29, 0.717) is 19.8 Å². The zero-order valence-electron chi connectivity index (χ0n) is 23.7. The van der Waals surface area contributed by atoms with Gasteiger partial charge in [0.2, 0.25) is 0 Å². The van der Waals surface area contributed by atoms with Gasteiger partial charge in [-0.1, -0.05) is 62.4 Å². The van der Waals surface area contributed by atoms with Crippen molar-refractivity contribution in [3.63, 3.8) is 0 Å². The van der Waals surface area contributed by atoms with Crippen LogP contribution in [-0.4, -0.2) is 40.8 Å². The quantitative estimate of drug-likeness (QED) is 0.173. The molecule has 0 atom stereocenters. The molecular weight excluding hydrogens is 512 g/mol. The number of fused-ring (bicyclic) bond motifs is 5. The van der Waals surface area contributed by atoms with Crippen molar-refractivity contribution in [1.29, 1.82) is 0 Å². The third-order valence-corrected chi connectivity index (χ3v) is 7.77. The van der Waals surface area contributed by atoms with Crippen LogP contribution < -0.4 is 9.47 Å². The number of likely N-dealkylation sites (N-methyl/N-ethyl adjacent to an activating group) is 1. The first-order valence-electron chi connectivity index (χ1n) is 14.4. The minimum absolute atomic E-state index is 0.0178. The molecule has 41 heavy (non-hydrogen) atoms. The van der Waals surface area contributed by atoms with E-state index in [2.05, 4.69) is 59.7 Å². The van der Waals surface area contributed by atoms with Crippen LogP contribution in [0.4, 0.5) is 0 Å². The molecule has 0 unspecified atom stereocenters. The van der Waals surface area contributed by atoms with E-state index in [0.717, 1.165) is 75.2 Å². The van der Waals surface area contributed by atoms with Crippen LogP contribution in [0.2, 0.25) is 0 Å². The number of furan rings is 1. The Balaban J connectivity index is 1.30. The molecule has 6 nitrogen and oxygen atoms in total. The first-order chi connectivity index (χ1) is 20.2. The molecule has 0 radical (unpaired) electrons. The van der Waals surface area contributed by atoms with Crippen molar-refractivity contribution in [2.24, 2.45) is 0 Å². The molecule has 0 aliphatic carbocycles. The fourth-order valence-corrected chi connectivity index (χ4v) is 5.43. The van der Waals surface area contributed by atoms with Gasteiger partial charge in [0.25, 0.3) is 0 Å². The van der Waals surface area contributed by atoms with Crippen molar-refractivity contribution < 1.29 is 19.0 Å². The Bertz CT molecular complexity index is 1750. The van der Waals surface area contributed by atoms with Crippen LogP contribution in [0.3, 0.4) is 0 Å². The normalized spacial score (nSPS) is 11.7. The van der Waals surface area contributed by atoms with Crippen molar-refractivity contribution >= 4 is 33.0 Å². The largest absolute Gasteiger partial charge is 0.492 e. The molecule has 1 N–H and O–H groups in total. The summed E-state index contributed by atoms with van der Waals surface area (Å²) in [6.07, 6.45) is 0. The van der Waals surface area contributed by atoms with Gasteiger partial charge in [0.15, 0.2) is 5.58 Å². The van der Waals surface area contributed by atoms with Crippen LogP contribution in [0.5, 0.6) is 11.5 Å².